The number of morpholine rings is 1. The molecule has 1 saturated heterocycles. The van der Waals surface area contributed by atoms with Crippen molar-refractivity contribution in [2.45, 2.75) is 5.03 Å². The summed E-state index contributed by atoms with van der Waals surface area (Å²) in [5, 5.41) is 2.04. The molecule has 3 rings (SSSR count). The van der Waals surface area contributed by atoms with Crippen LogP contribution in [0.5, 0.6) is 5.75 Å². The average molecular weight is 413 g/mol. The van der Waals surface area contributed by atoms with Crippen LogP contribution in [0.2, 0.25) is 0 Å². The highest BCUT2D eigenvalue weighted by molar-refractivity contribution is 7.92. The number of aromatic nitrogens is 1. The number of anilines is 2. The van der Waals surface area contributed by atoms with Gasteiger partial charge in [0.05, 0.1) is 38.7 Å². The van der Waals surface area contributed by atoms with Crippen LogP contribution >= 0.6 is 11.3 Å². The summed E-state index contributed by atoms with van der Waals surface area (Å²) in [7, 11) is -1.26. The molecule has 1 aromatic heterocycles. The van der Waals surface area contributed by atoms with Gasteiger partial charge < -0.3 is 19.1 Å². The maximum absolute atomic E-state index is 12.7. The topological polar surface area (TPSA) is 107 Å². The van der Waals surface area contributed by atoms with E-state index in [0.29, 0.717) is 31.4 Å². The number of nitrogens with zero attached hydrogens (tertiary/aromatic N) is 2. The third kappa shape index (κ3) is 4.31. The zero-order chi connectivity index (χ0) is 19.4. The van der Waals surface area contributed by atoms with E-state index in [0.717, 1.165) is 0 Å². The molecule has 0 saturated carbocycles. The van der Waals surface area contributed by atoms with E-state index in [4.69, 9.17) is 9.47 Å². The molecule has 1 aliphatic heterocycles. The number of hydrogen-bond acceptors (Lipinski definition) is 9. The Balaban J connectivity index is 1.82. The maximum Gasteiger partial charge on any atom is 0.337 e. The summed E-state index contributed by atoms with van der Waals surface area (Å²) in [6.45, 7) is 2.51. The van der Waals surface area contributed by atoms with Crippen molar-refractivity contribution in [1.82, 2.24) is 4.98 Å². The largest absolute Gasteiger partial charge is 0.495 e. The SMILES string of the molecule is COC(=O)c1ccc(NS(=O)(=O)c2csc(N3CCOCC3)n2)c(OC)c1. The van der Waals surface area contributed by atoms with Crippen LogP contribution < -0.4 is 14.4 Å². The number of carbonyl (C=O) groups excluding carboxylic acids is 1. The zero-order valence-corrected chi connectivity index (χ0v) is 16.4. The number of sulfonamides is 1. The van der Waals surface area contributed by atoms with Crippen LogP contribution in [-0.4, -0.2) is 59.9 Å². The summed E-state index contributed by atoms with van der Waals surface area (Å²) in [4.78, 5) is 17.8. The second-order valence-corrected chi connectivity index (χ2v) is 8.05. The lowest BCUT2D eigenvalue weighted by atomic mass is 10.2. The van der Waals surface area contributed by atoms with Crippen molar-refractivity contribution in [2.75, 3.05) is 50.1 Å². The minimum Gasteiger partial charge on any atom is -0.495 e. The van der Waals surface area contributed by atoms with E-state index in [1.807, 2.05) is 4.90 Å². The predicted molar refractivity (Wildman–Crippen MR) is 100 cm³/mol. The minimum atomic E-state index is -3.91. The third-order valence-electron chi connectivity index (χ3n) is 3.89. The summed E-state index contributed by atoms with van der Waals surface area (Å²) < 4.78 is 42.9. The fourth-order valence-corrected chi connectivity index (χ4v) is 4.71. The van der Waals surface area contributed by atoms with Crippen molar-refractivity contribution in [3.63, 3.8) is 0 Å². The summed E-state index contributed by atoms with van der Waals surface area (Å²) >= 11 is 1.26. The molecule has 0 amide bonds. The van der Waals surface area contributed by atoms with Gasteiger partial charge in [-0.15, -0.1) is 11.3 Å². The molecular formula is C16H19N3O6S2. The fraction of sp³-hybridized carbons (Fsp3) is 0.375. The van der Waals surface area contributed by atoms with E-state index >= 15 is 0 Å². The van der Waals surface area contributed by atoms with E-state index < -0.39 is 16.0 Å². The lowest BCUT2D eigenvalue weighted by Gasteiger charge is -2.25. The van der Waals surface area contributed by atoms with Crippen LogP contribution in [0.25, 0.3) is 0 Å². The van der Waals surface area contributed by atoms with Gasteiger partial charge in [-0.05, 0) is 18.2 Å². The number of thiazole rings is 1. The molecule has 1 aliphatic rings. The summed E-state index contributed by atoms with van der Waals surface area (Å²) in [5.74, 6) is -0.345. The van der Waals surface area contributed by atoms with Crippen LogP contribution in [0, 0.1) is 0 Å². The highest BCUT2D eigenvalue weighted by Gasteiger charge is 2.23. The van der Waals surface area contributed by atoms with E-state index in [-0.39, 0.29) is 22.0 Å². The number of ether oxygens (including phenoxy) is 3. The molecule has 1 aromatic carbocycles. The molecule has 27 heavy (non-hydrogen) atoms. The van der Waals surface area contributed by atoms with Crippen molar-refractivity contribution >= 4 is 38.1 Å². The number of nitrogens with one attached hydrogen (secondary N) is 1. The molecule has 1 fully saturated rings. The summed E-state index contributed by atoms with van der Waals surface area (Å²) in [6.07, 6.45) is 0. The Morgan fingerprint density at radius 3 is 2.70 bits per heavy atom. The Morgan fingerprint density at radius 1 is 1.30 bits per heavy atom. The molecule has 9 nitrogen and oxygen atoms in total. The van der Waals surface area contributed by atoms with Crippen LogP contribution in [0.3, 0.4) is 0 Å². The molecule has 0 spiro atoms. The van der Waals surface area contributed by atoms with Gasteiger partial charge >= 0.3 is 5.97 Å². The van der Waals surface area contributed by atoms with Crippen LogP contribution in [-0.2, 0) is 19.5 Å². The number of benzene rings is 1. The van der Waals surface area contributed by atoms with Gasteiger partial charge in [-0.25, -0.2) is 9.78 Å². The molecular weight excluding hydrogens is 394 g/mol. The van der Waals surface area contributed by atoms with Gasteiger partial charge in [0.25, 0.3) is 10.0 Å². The first-order valence-corrected chi connectivity index (χ1v) is 10.4. The first kappa shape index (κ1) is 19.4. The van der Waals surface area contributed by atoms with Crippen molar-refractivity contribution in [3.05, 3.63) is 29.1 Å². The van der Waals surface area contributed by atoms with Crippen LogP contribution in [0.15, 0.2) is 28.6 Å². The lowest BCUT2D eigenvalue weighted by molar-refractivity contribution is 0.0600. The molecule has 11 heteroatoms. The summed E-state index contributed by atoms with van der Waals surface area (Å²) in [6, 6.07) is 4.30. The Bertz CT molecular complexity index is 922. The molecule has 0 atom stereocenters. The predicted octanol–water partition coefficient (Wildman–Crippen LogP) is 1.58. The fourth-order valence-electron chi connectivity index (χ4n) is 2.49. The van der Waals surface area contributed by atoms with Crippen molar-refractivity contribution in [2.24, 2.45) is 0 Å². The van der Waals surface area contributed by atoms with Gasteiger partial charge in [0, 0.05) is 18.5 Å². The van der Waals surface area contributed by atoms with Gasteiger partial charge in [0.1, 0.15) is 5.75 Å². The van der Waals surface area contributed by atoms with Gasteiger partial charge in [-0.3, -0.25) is 4.72 Å². The van der Waals surface area contributed by atoms with Crippen molar-refractivity contribution < 1.29 is 27.4 Å². The highest BCUT2D eigenvalue weighted by Crippen LogP contribution is 2.30. The molecule has 1 N–H and O–H groups in total. The van der Waals surface area contributed by atoms with E-state index in [1.165, 1.54) is 49.1 Å². The van der Waals surface area contributed by atoms with E-state index in [1.54, 1.807) is 0 Å². The molecule has 146 valence electrons. The van der Waals surface area contributed by atoms with Crippen LogP contribution in [0.1, 0.15) is 10.4 Å². The Hall–Kier alpha value is -2.37. The minimum absolute atomic E-state index is 0.0758. The molecule has 2 aromatic rings. The second kappa shape index (κ2) is 8.11. The molecule has 0 aliphatic carbocycles. The van der Waals surface area contributed by atoms with E-state index in [9.17, 15) is 13.2 Å². The number of hydrogen-bond donors (Lipinski definition) is 1. The lowest BCUT2D eigenvalue weighted by Crippen LogP contribution is -2.36. The van der Waals surface area contributed by atoms with Gasteiger partial charge in [0.2, 0.25) is 0 Å². The number of methoxy groups -OCH3 is 2. The standard InChI is InChI=1S/C16H19N3O6S2/c1-23-13-9-11(15(20)24-2)3-4-12(13)18-27(21,22)14-10-26-16(17-14)19-5-7-25-8-6-19/h3-4,9-10,18H,5-8H2,1-2H3. The molecule has 0 radical (unpaired) electrons. The zero-order valence-electron chi connectivity index (χ0n) is 14.8. The van der Waals surface area contributed by atoms with Gasteiger partial charge in [-0.2, -0.15) is 8.42 Å². The first-order valence-electron chi connectivity index (χ1n) is 8.02. The number of carbonyl (C=O) groups is 1. The quantitative estimate of drug-likeness (QED) is 0.712. The Kier molecular flexibility index (Phi) is 5.82. The molecule has 0 bridgehead atoms. The average Bonchev–Trinajstić information content (AvgIpc) is 3.19. The third-order valence-corrected chi connectivity index (χ3v) is 6.19. The van der Waals surface area contributed by atoms with Crippen LogP contribution in [0.4, 0.5) is 10.8 Å². The van der Waals surface area contributed by atoms with Crippen molar-refractivity contribution in [1.29, 1.82) is 0 Å². The first-order chi connectivity index (χ1) is 12.9. The molecule has 0 unspecified atom stereocenters. The Labute approximate surface area is 160 Å². The number of esters is 1. The normalized spacial score (nSPS) is 14.7. The van der Waals surface area contributed by atoms with Gasteiger partial charge in [-0.1, -0.05) is 0 Å². The summed E-state index contributed by atoms with van der Waals surface area (Å²) in [5.41, 5.74) is 0.451. The van der Waals surface area contributed by atoms with E-state index in [2.05, 4.69) is 14.4 Å². The monoisotopic (exact) mass is 413 g/mol. The highest BCUT2D eigenvalue weighted by atomic mass is 32.2. The van der Waals surface area contributed by atoms with Gasteiger partial charge in [0.15, 0.2) is 10.2 Å². The number of rotatable bonds is 6. The second-order valence-electron chi connectivity index (χ2n) is 5.58. The van der Waals surface area contributed by atoms with Crippen molar-refractivity contribution in [3.8, 4) is 5.75 Å². The smallest absolute Gasteiger partial charge is 0.337 e. The maximum atomic E-state index is 12.7. The molecule has 2 heterocycles. The Morgan fingerprint density at radius 2 is 2.04 bits per heavy atom.